The van der Waals surface area contributed by atoms with E-state index in [2.05, 4.69) is 23.1 Å². The highest BCUT2D eigenvalue weighted by Crippen LogP contribution is 2.30. The predicted molar refractivity (Wildman–Crippen MR) is 92.7 cm³/mol. The lowest BCUT2D eigenvalue weighted by molar-refractivity contribution is 0.0740. The van der Waals surface area contributed by atoms with Gasteiger partial charge in [-0.05, 0) is 49.1 Å². The molecular formula is C20H25NO2. The van der Waals surface area contributed by atoms with E-state index in [1.165, 1.54) is 23.1 Å². The molecule has 23 heavy (non-hydrogen) atoms. The summed E-state index contributed by atoms with van der Waals surface area (Å²) in [6, 6.07) is 16.6. The van der Waals surface area contributed by atoms with Gasteiger partial charge in [0, 0.05) is 13.1 Å². The van der Waals surface area contributed by atoms with E-state index in [1.807, 2.05) is 37.4 Å². The number of aliphatic hydroxyl groups excluding tert-OH is 1. The molecule has 1 atom stereocenters. The van der Waals surface area contributed by atoms with Crippen LogP contribution in [-0.2, 0) is 19.4 Å². The van der Waals surface area contributed by atoms with E-state index in [0.717, 1.165) is 25.1 Å². The van der Waals surface area contributed by atoms with Crippen LogP contribution in [0.25, 0.3) is 0 Å². The molecule has 3 heteroatoms. The highest BCUT2D eigenvalue weighted by atomic mass is 16.5. The number of ether oxygens (including phenoxy) is 1. The zero-order valence-electron chi connectivity index (χ0n) is 13.7. The van der Waals surface area contributed by atoms with E-state index >= 15 is 0 Å². The molecule has 3 rings (SSSR count). The summed E-state index contributed by atoms with van der Waals surface area (Å²) in [5.41, 5.74) is 3.99. The second kappa shape index (κ2) is 7.62. The molecule has 0 radical (unpaired) electrons. The van der Waals surface area contributed by atoms with Crippen LogP contribution < -0.4 is 4.74 Å². The second-order valence-corrected chi connectivity index (χ2v) is 6.39. The van der Waals surface area contributed by atoms with Crippen molar-refractivity contribution in [2.75, 3.05) is 20.2 Å². The summed E-state index contributed by atoms with van der Waals surface area (Å²) in [4.78, 5) is 2.12. The Balaban J connectivity index is 1.48. The van der Waals surface area contributed by atoms with Gasteiger partial charge in [0.2, 0.25) is 0 Å². The molecule has 2 aromatic rings. The van der Waals surface area contributed by atoms with Crippen LogP contribution in [0.1, 0.15) is 23.1 Å². The van der Waals surface area contributed by atoms with Gasteiger partial charge < -0.3 is 9.84 Å². The standard InChI is InChI=1S/C20H25NO2/c1-21(13-16-7-3-2-4-8-16)14-18(22)15-23-20-12-6-10-17-9-5-11-19(17)20/h2-4,6-8,10,12,18,22H,5,9,11,13-15H2,1H3/t18-/m1/s1. The van der Waals surface area contributed by atoms with Crippen LogP contribution in [0, 0.1) is 0 Å². The molecule has 0 saturated carbocycles. The van der Waals surface area contributed by atoms with E-state index in [-0.39, 0.29) is 0 Å². The van der Waals surface area contributed by atoms with Gasteiger partial charge in [0.05, 0.1) is 0 Å². The van der Waals surface area contributed by atoms with Crippen LogP contribution in [-0.4, -0.2) is 36.3 Å². The number of aliphatic hydroxyl groups is 1. The lowest BCUT2D eigenvalue weighted by Gasteiger charge is -2.21. The molecule has 1 aliphatic carbocycles. The number of aryl methyl sites for hydroxylation is 1. The molecule has 2 aromatic carbocycles. The molecule has 0 spiro atoms. The van der Waals surface area contributed by atoms with Gasteiger partial charge in [0.1, 0.15) is 18.5 Å². The van der Waals surface area contributed by atoms with Crippen molar-refractivity contribution >= 4 is 0 Å². The Labute approximate surface area is 138 Å². The van der Waals surface area contributed by atoms with Crippen LogP contribution in [0.5, 0.6) is 5.75 Å². The fourth-order valence-corrected chi connectivity index (χ4v) is 3.28. The molecule has 0 aliphatic heterocycles. The molecule has 0 unspecified atom stereocenters. The SMILES string of the molecule is CN(Cc1ccccc1)C[C@@H](O)COc1cccc2c1CCC2. The van der Waals surface area contributed by atoms with Crippen molar-refractivity contribution in [1.82, 2.24) is 4.90 Å². The van der Waals surface area contributed by atoms with Crippen molar-refractivity contribution in [3.63, 3.8) is 0 Å². The number of rotatable bonds is 7. The van der Waals surface area contributed by atoms with Crippen LogP contribution in [0.4, 0.5) is 0 Å². The van der Waals surface area contributed by atoms with Crippen molar-refractivity contribution < 1.29 is 9.84 Å². The largest absolute Gasteiger partial charge is 0.491 e. The Bertz CT molecular complexity index is 627. The zero-order chi connectivity index (χ0) is 16.1. The van der Waals surface area contributed by atoms with Crippen molar-refractivity contribution in [2.45, 2.75) is 31.9 Å². The third kappa shape index (κ3) is 4.34. The van der Waals surface area contributed by atoms with E-state index in [0.29, 0.717) is 13.2 Å². The number of benzene rings is 2. The van der Waals surface area contributed by atoms with Crippen LogP contribution in [0.2, 0.25) is 0 Å². The second-order valence-electron chi connectivity index (χ2n) is 6.39. The Kier molecular flexibility index (Phi) is 5.31. The van der Waals surface area contributed by atoms with Crippen LogP contribution in [0.15, 0.2) is 48.5 Å². The first-order valence-corrected chi connectivity index (χ1v) is 8.36. The first-order chi connectivity index (χ1) is 11.2. The Morgan fingerprint density at radius 3 is 2.74 bits per heavy atom. The maximum Gasteiger partial charge on any atom is 0.122 e. The molecule has 0 heterocycles. The predicted octanol–water partition coefficient (Wildman–Crippen LogP) is 3.05. The molecule has 0 aromatic heterocycles. The quantitative estimate of drug-likeness (QED) is 0.853. The lowest BCUT2D eigenvalue weighted by atomic mass is 10.1. The molecule has 1 aliphatic rings. The van der Waals surface area contributed by atoms with Crippen molar-refractivity contribution in [2.24, 2.45) is 0 Å². The average molecular weight is 311 g/mol. The Hall–Kier alpha value is -1.84. The molecule has 1 N–H and O–H groups in total. The first-order valence-electron chi connectivity index (χ1n) is 8.36. The normalized spacial score (nSPS) is 14.7. The highest BCUT2D eigenvalue weighted by molar-refractivity contribution is 5.43. The number of hydrogen-bond donors (Lipinski definition) is 1. The van der Waals surface area contributed by atoms with Gasteiger partial charge in [-0.3, -0.25) is 4.90 Å². The topological polar surface area (TPSA) is 32.7 Å². The third-order valence-corrected chi connectivity index (χ3v) is 4.35. The maximum atomic E-state index is 10.2. The fraction of sp³-hybridized carbons (Fsp3) is 0.400. The minimum absolute atomic E-state index is 0.343. The molecular weight excluding hydrogens is 286 g/mol. The summed E-state index contributed by atoms with van der Waals surface area (Å²) in [5, 5.41) is 10.2. The van der Waals surface area contributed by atoms with Gasteiger partial charge >= 0.3 is 0 Å². The summed E-state index contributed by atoms with van der Waals surface area (Å²) in [5.74, 6) is 0.949. The molecule has 0 bridgehead atoms. The third-order valence-electron chi connectivity index (χ3n) is 4.35. The average Bonchev–Trinajstić information content (AvgIpc) is 3.03. The van der Waals surface area contributed by atoms with Gasteiger partial charge in [0.15, 0.2) is 0 Å². The van der Waals surface area contributed by atoms with Gasteiger partial charge in [-0.1, -0.05) is 42.5 Å². The maximum absolute atomic E-state index is 10.2. The summed E-state index contributed by atoms with van der Waals surface area (Å²) in [6.45, 7) is 1.78. The van der Waals surface area contributed by atoms with Crippen molar-refractivity contribution in [3.8, 4) is 5.75 Å². The molecule has 0 saturated heterocycles. The van der Waals surface area contributed by atoms with Gasteiger partial charge in [0.25, 0.3) is 0 Å². The van der Waals surface area contributed by atoms with Gasteiger partial charge in [-0.2, -0.15) is 0 Å². The first kappa shape index (κ1) is 16.0. The summed E-state index contributed by atoms with van der Waals surface area (Å²) >= 11 is 0. The molecule has 0 fully saturated rings. The van der Waals surface area contributed by atoms with E-state index in [4.69, 9.17) is 4.74 Å². The van der Waals surface area contributed by atoms with Gasteiger partial charge in [-0.25, -0.2) is 0 Å². The van der Waals surface area contributed by atoms with E-state index in [1.54, 1.807) is 0 Å². The number of hydrogen-bond acceptors (Lipinski definition) is 3. The molecule has 122 valence electrons. The van der Waals surface area contributed by atoms with E-state index < -0.39 is 6.10 Å². The monoisotopic (exact) mass is 311 g/mol. The number of nitrogens with zero attached hydrogens (tertiary/aromatic N) is 1. The summed E-state index contributed by atoms with van der Waals surface area (Å²) < 4.78 is 5.89. The highest BCUT2D eigenvalue weighted by Gasteiger charge is 2.16. The summed E-state index contributed by atoms with van der Waals surface area (Å²) in [7, 11) is 2.02. The van der Waals surface area contributed by atoms with E-state index in [9.17, 15) is 5.11 Å². The molecule has 3 nitrogen and oxygen atoms in total. The summed E-state index contributed by atoms with van der Waals surface area (Å²) in [6.07, 6.45) is 2.96. The van der Waals surface area contributed by atoms with Crippen molar-refractivity contribution in [3.05, 3.63) is 65.2 Å². The number of likely N-dealkylation sites (N-methyl/N-ethyl adjacent to an activating group) is 1. The Morgan fingerprint density at radius 2 is 1.91 bits per heavy atom. The molecule has 0 amide bonds. The van der Waals surface area contributed by atoms with Crippen molar-refractivity contribution in [1.29, 1.82) is 0 Å². The van der Waals surface area contributed by atoms with Crippen LogP contribution in [0.3, 0.4) is 0 Å². The Morgan fingerprint density at radius 1 is 1.09 bits per heavy atom. The fourth-order valence-electron chi connectivity index (χ4n) is 3.28. The minimum Gasteiger partial charge on any atom is -0.491 e. The smallest absolute Gasteiger partial charge is 0.122 e. The minimum atomic E-state index is -0.485. The zero-order valence-corrected chi connectivity index (χ0v) is 13.7. The lowest BCUT2D eigenvalue weighted by Crippen LogP contribution is -2.32. The van der Waals surface area contributed by atoms with Crippen LogP contribution >= 0.6 is 0 Å². The number of fused-ring (bicyclic) bond motifs is 1. The van der Waals surface area contributed by atoms with Gasteiger partial charge in [-0.15, -0.1) is 0 Å².